The molecule has 0 aliphatic carbocycles. The molecule has 3 heterocycles. The average molecular weight is 471 g/mol. The minimum Gasteiger partial charge on any atom is -0.467 e. The maximum absolute atomic E-state index is 12.9. The quantitative estimate of drug-likeness (QED) is 0.280. The molecule has 174 valence electrons. The summed E-state index contributed by atoms with van der Waals surface area (Å²) in [6.07, 6.45) is 1.63. The van der Waals surface area contributed by atoms with Crippen molar-refractivity contribution < 1.29 is 14.1 Å². The summed E-state index contributed by atoms with van der Waals surface area (Å²) < 4.78 is 7.47. The van der Waals surface area contributed by atoms with E-state index in [2.05, 4.69) is 24.0 Å². The standard InChI is InChI=1S/C22H26N6O4S/c1-16(2)21-23-24-22(27(21)14-17-6-5-13-32-17)33-15-20(29)26-11-9-25(10-12-26)18-7-3-4-8-19(18)28(30)31/h3-8,13,16H,9-12,14-15H2,1-2H3. The summed E-state index contributed by atoms with van der Waals surface area (Å²) in [5, 5.41) is 20.6. The second-order valence-corrected chi connectivity index (χ2v) is 9.01. The van der Waals surface area contributed by atoms with E-state index >= 15 is 0 Å². The molecular formula is C22H26N6O4S. The second kappa shape index (κ2) is 10.1. The smallest absolute Gasteiger partial charge is 0.292 e. The number of rotatable bonds is 8. The van der Waals surface area contributed by atoms with E-state index in [4.69, 9.17) is 4.42 Å². The summed E-state index contributed by atoms with van der Waals surface area (Å²) >= 11 is 1.37. The molecular weight excluding hydrogens is 444 g/mol. The summed E-state index contributed by atoms with van der Waals surface area (Å²) in [5.74, 6) is 2.10. The third-order valence-electron chi connectivity index (χ3n) is 5.53. The molecule has 33 heavy (non-hydrogen) atoms. The highest BCUT2D eigenvalue weighted by atomic mass is 32.2. The number of amides is 1. The Morgan fingerprint density at radius 2 is 1.91 bits per heavy atom. The van der Waals surface area contributed by atoms with Gasteiger partial charge in [-0.25, -0.2) is 0 Å². The third-order valence-corrected chi connectivity index (χ3v) is 6.48. The Morgan fingerprint density at radius 1 is 1.15 bits per heavy atom. The van der Waals surface area contributed by atoms with E-state index in [9.17, 15) is 14.9 Å². The lowest BCUT2D eigenvalue weighted by molar-refractivity contribution is -0.384. The Labute approximate surface area is 195 Å². The van der Waals surface area contributed by atoms with Crippen molar-refractivity contribution in [2.24, 2.45) is 0 Å². The molecule has 3 aromatic rings. The molecule has 0 saturated carbocycles. The number of hydrogen-bond acceptors (Lipinski definition) is 8. The molecule has 1 amide bonds. The van der Waals surface area contributed by atoms with Gasteiger partial charge in [-0.15, -0.1) is 10.2 Å². The Kier molecular flexibility index (Phi) is 6.97. The SMILES string of the molecule is CC(C)c1nnc(SCC(=O)N2CCN(c3ccccc3[N+](=O)[O-])CC2)n1Cc1ccco1. The summed E-state index contributed by atoms with van der Waals surface area (Å²) in [5.41, 5.74) is 0.681. The van der Waals surface area contributed by atoms with E-state index in [-0.39, 0.29) is 28.2 Å². The fourth-order valence-corrected chi connectivity index (χ4v) is 4.69. The Bertz CT molecular complexity index is 1110. The number of nitro benzene ring substituents is 1. The molecule has 10 nitrogen and oxygen atoms in total. The molecule has 1 fully saturated rings. The summed E-state index contributed by atoms with van der Waals surface area (Å²) in [7, 11) is 0. The number of para-hydroxylation sites is 2. The van der Waals surface area contributed by atoms with Crippen LogP contribution in [0.1, 0.15) is 31.4 Å². The highest BCUT2D eigenvalue weighted by Crippen LogP contribution is 2.29. The van der Waals surface area contributed by atoms with Crippen LogP contribution in [-0.2, 0) is 11.3 Å². The highest BCUT2D eigenvalue weighted by molar-refractivity contribution is 7.99. The molecule has 0 spiro atoms. The van der Waals surface area contributed by atoms with Crippen molar-refractivity contribution in [3.05, 3.63) is 64.4 Å². The number of benzene rings is 1. The molecule has 1 saturated heterocycles. The van der Waals surface area contributed by atoms with Crippen molar-refractivity contribution in [2.45, 2.75) is 31.5 Å². The molecule has 0 N–H and O–H groups in total. The lowest BCUT2D eigenvalue weighted by Gasteiger charge is -2.35. The topological polar surface area (TPSA) is 111 Å². The number of carbonyl (C=O) groups is 1. The number of nitrogens with zero attached hydrogens (tertiary/aromatic N) is 6. The Hall–Kier alpha value is -3.34. The Morgan fingerprint density at radius 3 is 2.58 bits per heavy atom. The number of nitro groups is 1. The van der Waals surface area contributed by atoms with Crippen LogP contribution in [0.15, 0.2) is 52.2 Å². The third kappa shape index (κ3) is 5.19. The number of anilines is 1. The zero-order valence-corrected chi connectivity index (χ0v) is 19.4. The van der Waals surface area contributed by atoms with Crippen LogP contribution in [-0.4, -0.2) is 62.4 Å². The number of aromatic nitrogens is 3. The van der Waals surface area contributed by atoms with Crippen molar-refractivity contribution in [1.29, 1.82) is 0 Å². The predicted molar refractivity (Wildman–Crippen MR) is 125 cm³/mol. The van der Waals surface area contributed by atoms with Gasteiger partial charge in [0, 0.05) is 38.2 Å². The van der Waals surface area contributed by atoms with Gasteiger partial charge < -0.3 is 14.2 Å². The van der Waals surface area contributed by atoms with Crippen LogP contribution in [0.2, 0.25) is 0 Å². The Balaban J connectivity index is 1.36. The molecule has 0 atom stereocenters. The number of piperazine rings is 1. The van der Waals surface area contributed by atoms with Crippen molar-refractivity contribution in [3.8, 4) is 0 Å². The van der Waals surface area contributed by atoms with E-state index < -0.39 is 0 Å². The number of hydrogen-bond donors (Lipinski definition) is 0. The number of carbonyl (C=O) groups excluding carboxylic acids is 1. The van der Waals surface area contributed by atoms with Crippen molar-refractivity contribution in [3.63, 3.8) is 0 Å². The second-order valence-electron chi connectivity index (χ2n) is 8.06. The van der Waals surface area contributed by atoms with E-state index in [0.717, 1.165) is 11.6 Å². The lowest BCUT2D eigenvalue weighted by atomic mass is 10.2. The highest BCUT2D eigenvalue weighted by Gasteiger charge is 2.26. The molecule has 0 radical (unpaired) electrons. The van der Waals surface area contributed by atoms with Gasteiger partial charge in [-0.05, 0) is 18.2 Å². The molecule has 0 bridgehead atoms. The molecule has 0 unspecified atom stereocenters. The van der Waals surface area contributed by atoms with Gasteiger partial charge >= 0.3 is 0 Å². The van der Waals surface area contributed by atoms with E-state index in [1.807, 2.05) is 21.6 Å². The first-order valence-electron chi connectivity index (χ1n) is 10.8. The van der Waals surface area contributed by atoms with Gasteiger partial charge in [-0.1, -0.05) is 37.7 Å². The van der Waals surface area contributed by atoms with E-state index in [1.165, 1.54) is 17.8 Å². The fraction of sp³-hybridized carbons (Fsp3) is 0.409. The van der Waals surface area contributed by atoms with Crippen LogP contribution in [0.25, 0.3) is 0 Å². The predicted octanol–water partition coefficient (Wildman–Crippen LogP) is 3.39. The normalized spacial score (nSPS) is 14.2. The monoisotopic (exact) mass is 470 g/mol. The number of furan rings is 1. The molecule has 1 aromatic carbocycles. The minimum atomic E-state index is -0.367. The largest absolute Gasteiger partial charge is 0.467 e. The zero-order chi connectivity index (χ0) is 23.4. The van der Waals surface area contributed by atoms with Crippen LogP contribution < -0.4 is 4.90 Å². The molecule has 11 heteroatoms. The zero-order valence-electron chi connectivity index (χ0n) is 18.6. The summed E-state index contributed by atoms with van der Waals surface area (Å²) in [6.45, 7) is 6.75. The number of thioether (sulfide) groups is 1. The first-order chi connectivity index (χ1) is 15.9. The van der Waals surface area contributed by atoms with Crippen LogP contribution >= 0.6 is 11.8 Å². The summed E-state index contributed by atoms with van der Waals surface area (Å²) in [4.78, 5) is 27.6. The van der Waals surface area contributed by atoms with Gasteiger partial charge in [0.15, 0.2) is 5.16 Å². The first kappa shape index (κ1) is 22.8. The molecule has 1 aliphatic rings. The van der Waals surface area contributed by atoms with Gasteiger partial charge in [0.25, 0.3) is 5.69 Å². The maximum atomic E-state index is 12.9. The van der Waals surface area contributed by atoms with Gasteiger partial charge in [0.05, 0.1) is 23.5 Å². The molecule has 1 aliphatic heterocycles. The first-order valence-corrected chi connectivity index (χ1v) is 11.8. The summed E-state index contributed by atoms with van der Waals surface area (Å²) in [6, 6.07) is 10.5. The fourth-order valence-electron chi connectivity index (χ4n) is 3.84. The van der Waals surface area contributed by atoms with Crippen molar-refractivity contribution >= 4 is 29.0 Å². The van der Waals surface area contributed by atoms with Crippen LogP contribution in [0.5, 0.6) is 0 Å². The van der Waals surface area contributed by atoms with Crippen molar-refractivity contribution in [2.75, 3.05) is 36.8 Å². The van der Waals surface area contributed by atoms with Gasteiger partial charge in [0.2, 0.25) is 5.91 Å². The van der Waals surface area contributed by atoms with E-state index in [0.29, 0.717) is 43.6 Å². The van der Waals surface area contributed by atoms with Gasteiger partial charge in [-0.3, -0.25) is 19.5 Å². The molecule has 4 rings (SSSR count). The lowest BCUT2D eigenvalue weighted by Crippen LogP contribution is -2.49. The molecule has 2 aromatic heterocycles. The average Bonchev–Trinajstić information content (AvgIpc) is 3.48. The van der Waals surface area contributed by atoms with Crippen LogP contribution in [0.4, 0.5) is 11.4 Å². The minimum absolute atomic E-state index is 0.0147. The van der Waals surface area contributed by atoms with Crippen LogP contribution in [0, 0.1) is 10.1 Å². The maximum Gasteiger partial charge on any atom is 0.292 e. The van der Waals surface area contributed by atoms with Gasteiger partial charge in [-0.2, -0.15) is 0 Å². The van der Waals surface area contributed by atoms with Gasteiger partial charge in [0.1, 0.15) is 17.3 Å². The van der Waals surface area contributed by atoms with Crippen LogP contribution in [0.3, 0.4) is 0 Å². The van der Waals surface area contributed by atoms with E-state index in [1.54, 1.807) is 29.4 Å². The van der Waals surface area contributed by atoms with Crippen molar-refractivity contribution in [1.82, 2.24) is 19.7 Å².